The van der Waals surface area contributed by atoms with Crippen LogP contribution in [-0.2, 0) is 11.2 Å². The van der Waals surface area contributed by atoms with Crippen LogP contribution in [0.1, 0.15) is 31.7 Å². The number of non-ortho nitro benzene ring substituents is 1. The van der Waals surface area contributed by atoms with Gasteiger partial charge in [0.25, 0.3) is 5.69 Å². The number of unbranched alkanes of at least 4 members (excludes halogenated alkanes) is 1. The zero-order chi connectivity index (χ0) is 15.0. The van der Waals surface area contributed by atoms with Crippen LogP contribution in [-0.4, -0.2) is 23.4 Å². The van der Waals surface area contributed by atoms with Crippen molar-refractivity contribution in [1.29, 1.82) is 0 Å². The van der Waals surface area contributed by atoms with E-state index in [1.165, 1.54) is 12.1 Å². The second-order valence-corrected chi connectivity index (χ2v) is 4.74. The van der Waals surface area contributed by atoms with Crippen LogP contribution in [0.2, 0.25) is 0 Å². The molecule has 1 unspecified atom stereocenters. The highest BCUT2D eigenvalue weighted by Crippen LogP contribution is 2.12. The highest BCUT2D eigenvalue weighted by atomic mass is 16.6. The first-order valence-corrected chi connectivity index (χ1v) is 6.79. The van der Waals surface area contributed by atoms with Gasteiger partial charge >= 0.3 is 0 Å². The highest BCUT2D eigenvalue weighted by molar-refractivity contribution is 5.78. The molecule has 0 aliphatic heterocycles. The predicted molar refractivity (Wildman–Crippen MR) is 77.3 cm³/mol. The van der Waals surface area contributed by atoms with Crippen molar-refractivity contribution in [2.45, 2.75) is 38.6 Å². The molecule has 110 valence electrons. The molecule has 0 spiro atoms. The number of nitrogens with zero attached hydrogens (tertiary/aromatic N) is 1. The van der Waals surface area contributed by atoms with E-state index in [-0.39, 0.29) is 24.1 Å². The third-order valence-corrected chi connectivity index (χ3v) is 3.07. The molecule has 6 heteroatoms. The minimum Gasteiger partial charge on any atom is -0.352 e. The molecule has 6 nitrogen and oxygen atoms in total. The average Bonchev–Trinajstić information content (AvgIpc) is 2.43. The Morgan fingerprint density at radius 3 is 2.55 bits per heavy atom. The quantitative estimate of drug-likeness (QED) is 0.559. The fourth-order valence-electron chi connectivity index (χ4n) is 1.90. The monoisotopic (exact) mass is 279 g/mol. The number of hydrogen-bond donors (Lipinski definition) is 2. The average molecular weight is 279 g/mol. The summed E-state index contributed by atoms with van der Waals surface area (Å²) in [4.78, 5) is 21.9. The summed E-state index contributed by atoms with van der Waals surface area (Å²) in [6.07, 6.45) is 3.17. The normalized spacial score (nSPS) is 11.9. The van der Waals surface area contributed by atoms with Gasteiger partial charge in [-0.3, -0.25) is 14.9 Å². The van der Waals surface area contributed by atoms with Gasteiger partial charge in [0.1, 0.15) is 0 Å². The van der Waals surface area contributed by atoms with E-state index in [1.807, 2.05) is 0 Å². The largest absolute Gasteiger partial charge is 0.352 e. The molecule has 0 bridgehead atoms. The molecule has 1 rings (SSSR count). The lowest BCUT2D eigenvalue weighted by Gasteiger charge is -2.16. The SMILES string of the molecule is CCCCC(CN)NC(=O)Cc1ccc([N+](=O)[O-])cc1. The number of nitro groups is 1. The maximum atomic E-state index is 11.9. The fraction of sp³-hybridized carbons (Fsp3) is 0.500. The van der Waals surface area contributed by atoms with Crippen LogP contribution in [0.25, 0.3) is 0 Å². The van der Waals surface area contributed by atoms with Gasteiger partial charge in [0.15, 0.2) is 0 Å². The number of nitrogens with two attached hydrogens (primary N) is 1. The molecule has 1 aromatic rings. The van der Waals surface area contributed by atoms with E-state index < -0.39 is 4.92 Å². The zero-order valence-electron chi connectivity index (χ0n) is 11.7. The lowest BCUT2D eigenvalue weighted by Crippen LogP contribution is -2.40. The van der Waals surface area contributed by atoms with Gasteiger partial charge in [0, 0.05) is 24.7 Å². The Balaban J connectivity index is 2.50. The van der Waals surface area contributed by atoms with E-state index in [1.54, 1.807) is 12.1 Å². The molecule has 3 N–H and O–H groups in total. The number of carbonyl (C=O) groups is 1. The second-order valence-electron chi connectivity index (χ2n) is 4.74. The van der Waals surface area contributed by atoms with E-state index in [2.05, 4.69) is 12.2 Å². The van der Waals surface area contributed by atoms with Gasteiger partial charge in [0.05, 0.1) is 11.3 Å². The van der Waals surface area contributed by atoms with E-state index in [0.29, 0.717) is 6.54 Å². The number of amides is 1. The maximum absolute atomic E-state index is 11.9. The molecular formula is C14H21N3O3. The summed E-state index contributed by atoms with van der Waals surface area (Å²) in [5.74, 6) is -0.106. The van der Waals surface area contributed by atoms with E-state index in [9.17, 15) is 14.9 Å². The lowest BCUT2D eigenvalue weighted by atomic mass is 10.1. The van der Waals surface area contributed by atoms with Gasteiger partial charge in [0.2, 0.25) is 5.91 Å². The Morgan fingerprint density at radius 1 is 1.40 bits per heavy atom. The zero-order valence-corrected chi connectivity index (χ0v) is 11.7. The molecule has 0 heterocycles. The Kier molecular flexibility index (Phi) is 6.66. The molecule has 0 aromatic heterocycles. The standard InChI is InChI=1S/C14H21N3O3/c1-2-3-4-12(10-15)16-14(18)9-11-5-7-13(8-6-11)17(19)20/h5-8,12H,2-4,9-10,15H2,1H3,(H,16,18). The Hall–Kier alpha value is -1.95. The maximum Gasteiger partial charge on any atom is 0.269 e. The first-order chi connectivity index (χ1) is 9.56. The molecule has 1 amide bonds. The van der Waals surface area contributed by atoms with Crippen molar-refractivity contribution in [2.75, 3.05) is 6.54 Å². The minimum absolute atomic E-state index is 0.000461. The van der Waals surface area contributed by atoms with E-state index in [4.69, 9.17) is 5.73 Å². The number of nitrogens with one attached hydrogen (secondary N) is 1. The van der Waals surface area contributed by atoms with Crippen LogP contribution in [0.15, 0.2) is 24.3 Å². The number of hydrogen-bond acceptors (Lipinski definition) is 4. The van der Waals surface area contributed by atoms with Gasteiger partial charge in [-0.2, -0.15) is 0 Å². The summed E-state index contributed by atoms with van der Waals surface area (Å²) in [5, 5.41) is 13.4. The molecule has 0 saturated carbocycles. The van der Waals surface area contributed by atoms with Gasteiger partial charge in [-0.15, -0.1) is 0 Å². The molecule has 0 aliphatic carbocycles. The fourth-order valence-corrected chi connectivity index (χ4v) is 1.90. The molecule has 1 atom stereocenters. The predicted octanol–water partition coefficient (Wildman–Crippen LogP) is 1.77. The summed E-state index contributed by atoms with van der Waals surface area (Å²) < 4.78 is 0. The smallest absolute Gasteiger partial charge is 0.269 e. The molecule has 0 aliphatic rings. The van der Waals surface area contributed by atoms with Crippen LogP contribution in [0, 0.1) is 10.1 Å². The Morgan fingerprint density at radius 2 is 2.05 bits per heavy atom. The number of nitro benzene ring substituents is 1. The van der Waals surface area contributed by atoms with Crippen molar-refractivity contribution >= 4 is 11.6 Å². The van der Waals surface area contributed by atoms with Crippen molar-refractivity contribution in [3.8, 4) is 0 Å². The van der Waals surface area contributed by atoms with E-state index >= 15 is 0 Å². The molecule has 1 aromatic carbocycles. The topological polar surface area (TPSA) is 98.3 Å². The number of rotatable bonds is 8. The first kappa shape index (κ1) is 16.1. The Labute approximate surface area is 118 Å². The highest BCUT2D eigenvalue weighted by Gasteiger charge is 2.11. The van der Waals surface area contributed by atoms with Crippen LogP contribution < -0.4 is 11.1 Å². The van der Waals surface area contributed by atoms with Crippen LogP contribution in [0.3, 0.4) is 0 Å². The van der Waals surface area contributed by atoms with Crippen LogP contribution in [0.5, 0.6) is 0 Å². The number of carbonyl (C=O) groups excluding carboxylic acids is 1. The summed E-state index contributed by atoms with van der Waals surface area (Å²) >= 11 is 0. The molecular weight excluding hydrogens is 258 g/mol. The van der Waals surface area contributed by atoms with E-state index in [0.717, 1.165) is 24.8 Å². The van der Waals surface area contributed by atoms with Crippen molar-refractivity contribution in [1.82, 2.24) is 5.32 Å². The van der Waals surface area contributed by atoms with Gasteiger partial charge < -0.3 is 11.1 Å². The Bertz CT molecular complexity index is 445. The molecule has 0 fully saturated rings. The van der Waals surface area contributed by atoms with Crippen molar-refractivity contribution in [2.24, 2.45) is 5.73 Å². The van der Waals surface area contributed by atoms with Gasteiger partial charge in [-0.05, 0) is 12.0 Å². The lowest BCUT2D eigenvalue weighted by molar-refractivity contribution is -0.384. The first-order valence-electron chi connectivity index (χ1n) is 6.79. The summed E-state index contributed by atoms with van der Waals surface area (Å²) in [5.41, 5.74) is 6.39. The molecule has 0 saturated heterocycles. The van der Waals surface area contributed by atoms with Crippen molar-refractivity contribution in [3.63, 3.8) is 0 Å². The van der Waals surface area contributed by atoms with Gasteiger partial charge in [-0.25, -0.2) is 0 Å². The number of benzene rings is 1. The summed E-state index contributed by atoms with van der Waals surface area (Å²) in [7, 11) is 0. The van der Waals surface area contributed by atoms with Crippen molar-refractivity contribution < 1.29 is 9.72 Å². The summed E-state index contributed by atoms with van der Waals surface area (Å²) in [6, 6.07) is 6.00. The van der Waals surface area contributed by atoms with Crippen LogP contribution in [0.4, 0.5) is 5.69 Å². The molecule has 20 heavy (non-hydrogen) atoms. The van der Waals surface area contributed by atoms with Crippen LogP contribution >= 0.6 is 0 Å². The summed E-state index contributed by atoms with van der Waals surface area (Å²) in [6.45, 7) is 2.51. The second kappa shape index (κ2) is 8.27. The van der Waals surface area contributed by atoms with Gasteiger partial charge in [-0.1, -0.05) is 31.9 Å². The third kappa shape index (κ3) is 5.36. The minimum atomic E-state index is -0.459. The van der Waals surface area contributed by atoms with Crippen molar-refractivity contribution in [3.05, 3.63) is 39.9 Å². The third-order valence-electron chi connectivity index (χ3n) is 3.07. The molecule has 0 radical (unpaired) electrons.